The molecular weight excluding hydrogens is 361 g/mol. The van der Waals surface area contributed by atoms with Crippen LogP contribution in [-0.4, -0.2) is 29.8 Å². The first kappa shape index (κ1) is 16.0. The predicted octanol–water partition coefficient (Wildman–Crippen LogP) is 4.37. The Bertz CT molecular complexity index is 435. The van der Waals surface area contributed by atoms with Crippen molar-refractivity contribution >= 4 is 28.4 Å². The fraction of sp³-hybridized carbons (Fsp3) is 0.588. The first-order valence-corrected chi connectivity index (χ1v) is 8.67. The van der Waals surface area contributed by atoms with Crippen LogP contribution in [0.4, 0.5) is 0 Å². The van der Waals surface area contributed by atoms with Gasteiger partial charge in [-0.3, -0.25) is 9.69 Å². The Morgan fingerprint density at radius 2 is 1.85 bits per heavy atom. The van der Waals surface area contributed by atoms with E-state index in [0.29, 0.717) is 18.5 Å². The minimum atomic E-state index is 0.258. The Hall–Kier alpha value is -0.420. The Morgan fingerprint density at radius 1 is 1.25 bits per heavy atom. The van der Waals surface area contributed by atoms with Crippen LogP contribution in [-0.2, 0) is 0 Å². The fourth-order valence-corrected chi connectivity index (χ4v) is 3.35. The summed E-state index contributed by atoms with van der Waals surface area (Å²) < 4.78 is 1.17. The summed E-state index contributed by atoms with van der Waals surface area (Å²) in [5.41, 5.74) is 0.845. The molecule has 1 aromatic rings. The summed E-state index contributed by atoms with van der Waals surface area (Å²) in [4.78, 5) is 14.9. The molecule has 2 rings (SSSR count). The van der Waals surface area contributed by atoms with Crippen LogP contribution in [0.5, 0.6) is 0 Å². The largest absolute Gasteiger partial charge is 0.293 e. The first-order chi connectivity index (χ1) is 9.56. The molecule has 3 heteroatoms. The zero-order valence-electron chi connectivity index (χ0n) is 12.4. The van der Waals surface area contributed by atoms with E-state index in [1.807, 2.05) is 24.3 Å². The molecule has 20 heavy (non-hydrogen) atoms. The topological polar surface area (TPSA) is 20.3 Å². The number of benzene rings is 1. The van der Waals surface area contributed by atoms with E-state index in [1.165, 1.54) is 29.3 Å². The second-order valence-corrected chi connectivity index (χ2v) is 7.44. The molecule has 0 heterocycles. The van der Waals surface area contributed by atoms with Gasteiger partial charge in [0.15, 0.2) is 5.78 Å². The molecule has 1 aromatic carbocycles. The summed E-state index contributed by atoms with van der Waals surface area (Å²) in [7, 11) is 0. The van der Waals surface area contributed by atoms with Crippen molar-refractivity contribution in [2.24, 2.45) is 5.92 Å². The van der Waals surface area contributed by atoms with Crippen molar-refractivity contribution in [2.45, 2.75) is 45.6 Å². The molecule has 0 aromatic heterocycles. The maximum Gasteiger partial charge on any atom is 0.176 e. The van der Waals surface area contributed by atoms with Gasteiger partial charge in [0.1, 0.15) is 0 Å². The number of Topliss-reactive ketones (excluding diaryl/α,β-unsaturated/α-hetero) is 1. The number of hydrogen-bond acceptors (Lipinski definition) is 2. The molecule has 1 aliphatic carbocycles. The molecule has 1 aliphatic rings. The zero-order valence-corrected chi connectivity index (χ0v) is 14.6. The summed E-state index contributed by atoms with van der Waals surface area (Å²) in [5.74, 6) is 0.870. The number of carbonyl (C=O) groups is 1. The van der Waals surface area contributed by atoms with Crippen LogP contribution in [0.1, 0.15) is 49.9 Å². The van der Waals surface area contributed by atoms with Crippen molar-refractivity contribution in [3.63, 3.8) is 0 Å². The average Bonchev–Trinajstić information content (AvgIpc) is 2.92. The summed E-state index contributed by atoms with van der Waals surface area (Å²) in [6.07, 6.45) is 5.15. The van der Waals surface area contributed by atoms with Crippen LogP contribution in [0.3, 0.4) is 0 Å². The summed E-state index contributed by atoms with van der Waals surface area (Å²) in [5, 5.41) is 0. The maximum absolute atomic E-state index is 12.5. The quantitative estimate of drug-likeness (QED) is 0.535. The average molecular weight is 385 g/mol. The van der Waals surface area contributed by atoms with Gasteiger partial charge >= 0.3 is 0 Å². The second-order valence-electron chi connectivity index (χ2n) is 6.19. The normalized spacial score (nSPS) is 16.2. The van der Waals surface area contributed by atoms with Crippen molar-refractivity contribution in [3.8, 4) is 0 Å². The van der Waals surface area contributed by atoms with Gasteiger partial charge in [0.05, 0.1) is 6.54 Å². The number of ketones is 1. The van der Waals surface area contributed by atoms with Crippen molar-refractivity contribution in [1.29, 1.82) is 0 Å². The molecule has 0 bridgehead atoms. The van der Waals surface area contributed by atoms with Gasteiger partial charge in [0.25, 0.3) is 0 Å². The number of halogens is 1. The molecule has 0 atom stereocenters. The van der Waals surface area contributed by atoms with Gasteiger partial charge < -0.3 is 0 Å². The van der Waals surface area contributed by atoms with E-state index in [1.54, 1.807) is 0 Å². The lowest BCUT2D eigenvalue weighted by Crippen LogP contribution is -2.40. The van der Waals surface area contributed by atoms with Crippen LogP contribution in [0.15, 0.2) is 24.3 Å². The highest BCUT2D eigenvalue weighted by Gasteiger charge is 2.25. The van der Waals surface area contributed by atoms with E-state index in [9.17, 15) is 4.79 Å². The number of hydrogen-bond donors (Lipinski definition) is 0. The molecule has 0 saturated heterocycles. The van der Waals surface area contributed by atoms with Crippen molar-refractivity contribution < 1.29 is 4.79 Å². The van der Waals surface area contributed by atoms with E-state index in [-0.39, 0.29) is 5.78 Å². The molecule has 0 N–H and O–H groups in total. The van der Waals surface area contributed by atoms with Crippen LogP contribution in [0.2, 0.25) is 0 Å². The molecule has 0 radical (unpaired) electrons. The van der Waals surface area contributed by atoms with Crippen molar-refractivity contribution in [1.82, 2.24) is 4.90 Å². The minimum absolute atomic E-state index is 0.258. The highest BCUT2D eigenvalue weighted by Crippen LogP contribution is 2.24. The third-order valence-electron chi connectivity index (χ3n) is 3.95. The van der Waals surface area contributed by atoms with Gasteiger partial charge in [-0.15, -0.1) is 0 Å². The van der Waals surface area contributed by atoms with Gasteiger partial charge in [0.2, 0.25) is 0 Å². The lowest BCUT2D eigenvalue weighted by atomic mass is 10.1. The Labute approximate surface area is 136 Å². The highest BCUT2D eigenvalue weighted by molar-refractivity contribution is 14.1. The lowest BCUT2D eigenvalue weighted by molar-refractivity contribution is 0.0876. The molecule has 0 aliphatic heterocycles. The van der Waals surface area contributed by atoms with Gasteiger partial charge in [-0.25, -0.2) is 0 Å². The van der Waals surface area contributed by atoms with Gasteiger partial charge in [-0.2, -0.15) is 0 Å². The van der Waals surface area contributed by atoms with E-state index in [2.05, 4.69) is 41.3 Å². The van der Waals surface area contributed by atoms with Crippen LogP contribution in [0.25, 0.3) is 0 Å². The molecule has 2 nitrogen and oxygen atoms in total. The number of rotatable bonds is 6. The number of carbonyl (C=O) groups excluding carboxylic acids is 1. The summed E-state index contributed by atoms with van der Waals surface area (Å²) in [6.45, 7) is 6.07. The van der Waals surface area contributed by atoms with Crippen LogP contribution < -0.4 is 0 Å². The third-order valence-corrected chi connectivity index (χ3v) is 4.67. The van der Waals surface area contributed by atoms with E-state index in [4.69, 9.17) is 0 Å². The predicted molar refractivity (Wildman–Crippen MR) is 92.2 cm³/mol. The Balaban J connectivity index is 2.02. The second kappa shape index (κ2) is 7.55. The standard InChI is InChI=1S/C17H24INO/c1-13(2)11-19(16-5-3-4-6-16)12-17(20)14-7-9-15(18)10-8-14/h7-10,13,16H,3-6,11-12H2,1-2H3. The maximum atomic E-state index is 12.5. The minimum Gasteiger partial charge on any atom is -0.293 e. The van der Waals surface area contributed by atoms with Gasteiger partial charge in [0, 0.05) is 21.7 Å². The Kier molecular flexibility index (Phi) is 6.02. The molecule has 0 spiro atoms. The summed E-state index contributed by atoms with van der Waals surface area (Å²) in [6, 6.07) is 8.54. The smallest absolute Gasteiger partial charge is 0.176 e. The van der Waals surface area contributed by atoms with Gasteiger partial charge in [-0.1, -0.05) is 38.8 Å². The number of nitrogens with zero attached hydrogens (tertiary/aromatic N) is 1. The SMILES string of the molecule is CC(C)CN(CC(=O)c1ccc(I)cc1)C1CCCC1. The molecule has 1 fully saturated rings. The van der Waals surface area contributed by atoms with Crippen molar-refractivity contribution in [2.75, 3.05) is 13.1 Å². The molecular formula is C17H24INO. The molecule has 0 amide bonds. The molecule has 110 valence electrons. The summed E-state index contributed by atoms with van der Waals surface area (Å²) >= 11 is 2.27. The van der Waals surface area contributed by atoms with Crippen LogP contribution in [0, 0.1) is 9.49 Å². The van der Waals surface area contributed by atoms with Crippen LogP contribution >= 0.6 is 22.6 Å². The molecule has 0 unspecified atom stereocenters. The third kappa shape index (κ3) is 4.55. The lowest BCUT2D eigenvalue weighted by Gasteiger charge is -2.29. The molecule has 1 saturated carbocycles. The van der Waals surface area contributed by atoms with E-state index < -0.39 is 0 Å². The fourth-order valence-electron chi connectivity index (χ4n) is 2.99. The zero-order chi connectivity index (χ0) is 14.5. The van der Waals surface area contributed by atoms with Crippen molar-refractivity contribution in [3.05, 3.63) is 33.4 Å². The monoisotopic (exact) mass is 385 g/mol. The van der Waals surface area contributed by atoms with E-state index in [0.717, 1.165) is 12.1 Å². The van der Waals surface area contributed by atoms with Gasteiger partial charge in [-0.05, 0) is 53.5 Å². The van der Waals surface area contributed by atoms with E-state index >= 15 is 0 Å². The first-order valence-electron chi connectivity index (χ1n) is 7.59. The highest BCUT2D eigenvalue weighted by atomic mass is 127. The Morgan fingerprint density at radius 3 is 2.40 bits per heavy atom.